The van der Waals surface area contributed by atoms with Crippen LogP contribution in [0.15, 0.2) is 188 Å². The molecule has 0 saturated heterocycles. The van der Waals surface area contributed by atoms with Gasteiger partial charge in [-0.3, -0.25) is 0 Å². The zero-order chi connectivity index (χ0) is 34.1. The van der Waals surface area contributed by atoms with Crippen LogP contribution in [0.25, 0.3) is 56.8 Å². The molecule has 7 aromatic carbocycles. The quantitative estimate of drug-likeness (QED) is 0.152. The number of aryl methyl sites for hydroxylation is 2. The van der Waals surface area contributed by atoms with Crippen molar-refractivity contribution in [1.29, 1.82) is 0 Å². The fourth-order valence-corrected chi connectivity index (χ4v) is 6.50. The second kappa shape index (κ2) is 15.3. The molecule has 0 bridgehead atoms. The number of hydrogen-bond donors (Lipinski definition) is 0. The van der Waals surface area contributed by atoms with E-state index in [4.69, 9.17) is 0 Å². The summed E-state index contributed by atoms with van der Waals surface area (Å²) in [5, 5.41) is 2.43. The summed E-state index contributed by atoms with van der Waals surface area (Å²) in [5.41, 5.74) is 14.5. The molecule has 0 saturated carbocycles. The zero-order valence-electron chi connectivity index (χ0n) is 28.6. The topological polar surface area (TPSA) is 0 Å². The lowest BCUT2D eigenvalue weighted by molar-refractivity contribution is 1.46. The largest absolute Gasteiger partial charge is 0.0622 e. The van der Waals surface area contributed by atoms with E-state index < -0.39 is 0 Å². The molecule has 0 heteroatoms. The summed E-state index contributed by atoms with van der Waals surface area (Å²) in [4.78, 5) is 0. The summed E-state index contributed by atoms with van der Waals surface area (Å²) in [6, 6.07) is 67.5. The Morgan fingerprint density at radius 3 is 1.44 bits per heavy atom. The molecule has 0 aliphatic carbocycles. The molecule has 0 amide bonds. The van der Waals surface area contributed by atoms with Crippen molar-refractivity contribution >= 4 is 34.6 Å². The molecule has 0 unspecified atom stereocenters. The van der Waals surface area contributed by atoms with Gasteiger partial charge in [-0.1, -0.05) is 206 Å². The minimum atomic E-state index is 1.16. The second-order valence-corrected chi connectivity index (χ2v) is 12.7. The van der Waals surface area contributed by atoms with E-state index in [1.165, 1.54) is 72.0 Å². The van der Waals surface area contributed by atoms with Gasteiger partial charge >= 0.3 is 0 Å². The lowest BCUT2D eigenvalue weighted by Gasteiger charge is -2.12. The molecule has 0 N–H and O–H groups in total. The molecule has 0 fully saturated rings. The van der Waals surface area contributed by atoms with Crippen LogP contribution in [0.3, 0.4) is 0 Å². The van der Waals surface area contributed by atoms with Crippen molar-refractivity contribution in [3.8, 4) is 22.3 Å². The van der Waals surface area contributed by atoms with Crippen molar-refractivity contribution in [2.45, 2.75) is 13.8 Å². The molecule has 7 rings (SSSR count). The summed E-state index contributed by atoms with van der Waals surface area (Å²) in [6.07, 6.45) is 6.65. The molecule has 0 radical (unpaired) electrons. The van der Waals surface area contributed by atoms with Gasteiger partial charge in [-0.2, -0.15) is 0 Å². The van der Waals surface area contributed by atoms with E-state index in [1.807, 2.05) is 0 Å². The van der Waals surface area contributed by atoms with Gasteiger partial charge in [0.1, 0.15) is 0 Å². The summed E-state index contributed by atoms with van der Waals surface area (Å²) < 4.78 is 0. The highest BCUT2D eigenvalue weighted by Gasteiger charge is 2.10. The van der Waals surface area contributed by atoms with Crippen LogP contribution in [-0.2, 0) is 0 Å². The van der Waals surface area contributed by atoms with Gasteiger partial charge in [-0.05, 0) is 91.9 Å². The van der Waals surface area contributed by atoms with Crippen molar-refractivity contribution in [1.82, 2.24) is 0 Å². The molecule has 0 nitrogen and oxygen atoms in total. The highest BCUT2D eigenvalue weighted by molar-refractivity contribution is 6.04. The zero-order valence-corrected chi connectivity index (χ0v) is 28.6. The predicted octanol–water partition coefficient (Wildman–Crippen LogP) is 13.7. The van der Waals surface area contributed by atoms with Gasteiger partial charge in [0.25, 0.3) is 0 Å². The molecule has 50 heavy (non-hydrogen) atoms. The molecule has 0 spiro atoms. The molecule has 240 valence electrons. The van der Waals surface area contributed by atoms with Crippen molar-refractivity contribution in [2.24, 2.45) is 0 Å². The van der Waals surface area contributed by atoms with Crippen molar-refractivity contribution in [3.05, 3.63) is 227 Å². The average Bonchev–Trinajstić information content (AvgIpc) is 3.17. The number of fused-ring (bicyclic) bond motifs is 1. The normalized spacial score (nSPS) is 10.9. The van der Waals surface area contributed by atoms with Crippen LogP contribution in [0.1, 0.15) is 38.9 Å². The minimum Gasteiger partial charge on any atom is -0.0622 e. The van der Waals surface area contributed by atoms with Gasteiger partial charge in [0, 0.05) is 0 Å². The fourth-order valence-electron chi connectivity index (χ4n) is 6.50. The first-order valence-electron chi connectivity index (χ1n) is 17.3. The smallest absolute Gasteiger partial charge is 0.00759 e. The summed E-state index contributed by atoms with van der Waals surface area (Å²) in [5.74, 6) is 0. The summed E-state index contributed by atoms with van der Waals surface area (Å²) in [6.45, 7) is 4.33. The maximum Gasteiger partial charge on any atom is -0.00759 e. The Bertz CT molecular complexity index is 2280. The molecule has 0 atom stereocenters. The Labute approximate surface area is 296 Å². The van der Waals surface area contributed by atoms with Crippen molar-refractivity contribution in [3.63, 3.8) is 0 Å². The Morgan fingerprint density at radius 2 is 0.840 bits per heavy atom. The molecule has 7 aromatic rings. The van der Waals surface area contributed by atoms with Crippen LogP contribution in [0.5, 0.6) is 0 Å². The third-order valence-electron chi connectivity index (χ3n) is 9.16. The minimum absolute atomic E-state index is 1.16. The van der Waals surface area contributed by atoms with E-state index in [9.17, 15) is 0 Å². The Balaban J connectivity index is 1.30. The molecular weight excluding hydrogens is 601 g/mol. The van der Waals surface area contributed by atoms with Crippen LogP contribution in [0.2, 0.25) is 0 Å². The highest BCUT2D eigenvalue weighted by Crippen LogP contribution is 2.35. The maximum atomic E-state index is 2.29. The van der Waals surface area contributed by atoms with Gasteiger partial charge in [0.2, 0.25) is 0 Å². The fraction of sp³-hybridized carbons (Fsp3) is 0.0400. The van der Waals surface area contributed by atoms with E-state index in [0.29, 0.717) is 0 Å². The van der Waals surface area contributed by atoms with Gasteiger partial charge in [-0.25, -0.2) is 0 Å². The van der Waals surface area contributed by atoms with Gasteiger partial charge in [0.15, 0.2) is 0 Å². The van der Waals surface area contributed by atoms with Gasteiger partial charge < -0.3 is 0 Å². The molecule has 0 heterocycles. The SMILES string of the molecule is Cc1ccc(/C=C/c2ccc(-c3c(C)cccccc(-c4ccc(C=C(c5ccccc5)c5ccccc5)cc4)c4ccccc34)cc2)cc1. The van der Waals surface area contributed by atoms with Gasteiger partial charge in [0.05, 0.1) is 0 Å². The second-order valence-electron chi connectivity index (χ2n) is 12.7. The molecule has 0 aromatic heterocycles. The van der Waals surface area contributed by atoms with Crippen LogP contribution >= 0.6 is 0 Å². The standard InChI is InChI=1S/C50H40/c1-37-22-24-39(25-23-37)26-27-40-28-34-45(35-29-40)50-38(2)14-6-3-11-19-46(47-20-12-13-21-48(47)50)44-32-30-41(31-33-44)36-49(42-15-7-4-8-16-42)43-17-9-5-10-18-43/h3-36H,1-2H3/b6-3?,11-3?,14-6?,19-11?,27-26+,38-14?,46-19?,47-46?,50-38?,50-48?. The Kier molecular flexibility index (Phi) is 9.90. The Morgan fingerprint density at radius 1 is 0.380 bits per heavy atom. The van der Waals surface area contributed by atoms with Crippen LogP contribution in [0.4, 0.5) is 0 Å². The maximum absolute atomic E-state index is 2.29. The first-order chi connectivity index (χ1) is 24.6. The number of rotatable bonds is 7. The van der Waals surface area contributed by atoms with E-state index in [-0.39, 0.29) is 0 Å². The third kappa shape index (κ3) is 7.57. The third-order valence-corrected chi connectivity index (χ3v) is 9.16. The van der Waals surface area contributed by atoms with E-state index in [1.54, 1.807) is 0 Å². The predicted molar refractivity (Wildman–Crippen MR) is 217 cm³/mol. The Hall–Kier alpha value is -6.24. The first-order valence-corrected chi connectivity index (χ1v) is 17.3. The molecule has 0 aliphatic rings. The van der Waals surface area contributed by atoms with Crippen LogP contribution in [-0.4, -0.2) is 0 Å². The lowest BCUT2D eigenvalue weighted by atomic mass is 9.92. The number of benzene rings is 6. The average molecular weight is 641 g/mol. The van der Waals surface area contributed by atoms with E-state index in [2.05, 4.69) is 220 Å². The summed E-state index contributed by atoms with van der Waals surface area (Å²) >= 11 is 0. The number of hydrogen-bond acceptors (Lipinski definition) is 0. The van der Waals surface area contributed by atoms with E-state index >= 15 is 0 Å². The molecule has 0 aliphatic heterocycles. The first kappa shape index (κ1) is 32.3. The van der Waals surface area contributed by atoms with Crippen molar-refractivity contribution < 1.29 is 0 Å². The molecular formula is C50H40. The lowest BCUT2D eigenvalue weighted by Crippen LogP contribution is -1.88. The highest BCUT2D eigenvalue weighted by atomic mass is 14.1. The van der Waals surface area contributed by atoms with Gasteiger partial charge in [-0.15, -0.1) is 0 Å². The van der Waals surface area contributed by atoms with E-state index in [0.717, 1.165) is 5.56 Å². The monoisotopic (exact) mass is 640 g/mol. The van der Waals surface area contributed by atoms with Crippen LogP contribution < -0.4 is 0 Å². The summed E-state index contributed by atoms with van der Waals surface area (Å²) in [7, 11) is 0. The van der Waals surface area contributed by atoms with Crippen LogP contribution in [0, 0.1) is 13.8 Å². The van der Waals surface area contributed by atoms with Crippen molar-refractivity contribution in [2.75, 3.05) is 0 Å².